The Kier molecular flexibility index (Phi) is 5.62. The van der Waals surface area contributed by atoms with Crippen LogP contribution < -0.4 is 16.6 Å². The number of aromatic nitrogens is 3. The Morgan fingerprint density at radius 2 is 2.23 bits per heavy atom. The van der Waals surface area contributed by atoms with Crippen molar-refractivity contribution < 1.29 is 4.79 Å². The highest BCUT2D eigenvalue weighted by molar-refractivity contribution is 5.78. The van der Waals surface area contributed by atoms with Crippen LogP contribution in [0.5, 0.6) is 0 Å². The zero-order valence-corrected chi connectivity index (χ0v) is 14.8. The molecular weight excluding hydrogens is 334 g/mol. The summed E-state index contributed by atoms with van der Waals surface area (Å²) in [6.07, 6.45) is 4.97. The number of likely N-dealkylation sites (tertiary alicyclic amines) is 1. The highest BCUT2D eigenvalue weighted by Gasteiger charge is 2.22. The highest BCUT2D eigenvalue weighted by Crippen LogP contribution is 2.13. The van der Waals surface area contributed by atoms with E-state index >= 15 is 0 Å². The molecule has 8 heteroatoms. The topological polar surface area (TPSA) is 100 Å². The van der Waals surface area contributed by atoms with Crippen LogP contribution in [0, 0.1) is 0 Å². The van der Waals surface area contributed by atoms with Crippen molar-refractivity contribution in [3.05, 3.63) is 62.7 Å². The van der Waals surface area contributed by atoms with E-state index in [9.17, 15) is 14.4 Å². The second-order valence-corrected chi connectivity index (χ2v) is 6.62. The molecule has 26 heavy (non-hydrogen) atoms. The molecule has 1 atom stereocenters. The van der Waals surface area contributed by atoms with Crippen LogP contribution in [0.2, 0.25) is 0 Å². The van der Waals surface area contributed by atoms with Gasteiger partial charge in [0.1, 0.15) is 0 Å². The maximum atomic E-state index is 12.3. The lowest BCUT2D eigenvalue weighted by atomic mass is 10.0. The summed E-state index contributed by atoms with van der Waals surface area (Å²) in [6, 6.07) is 5.90. The summed E-state index contributed by atoms with van der Waals surface area (Å²) in [4.78, 5) is 44.8. The molecule has 0 spiro atoms. The van der Waals surface area contributed by atoms with E-state index in [1.165, 1.54) is 13.2 Å². The van der Waals surface area contributed by atoms with Crippen molar-refractivity contribution in [3.8, 4) is 0 Å². The summed E-state index contributed by atoms with van der Waals surface area (Å²) in [6.45, 7) is 2.49. The second kappa shape index (κ2) is 8.09. The Bertz CT molecular complexity index is 874. The lowest BCUT2D eigenvalue weighted by Gasteiger charge is -2.32. The molecule has 2 N–H and O–H groups in total. The van der Waals surface area contributed by atoms with Crippen molar-refractivity contribution >= 4 is 5.91 Å². The molecule has 1 amide bonds. The third-order valence-corrected chi connectivity index (χ3v) is 4.59. The van der Waals surface area contributed by atoms with Gasteiger partial charge in [0.25, 0.3) is 5.56 Å². The average Bonchev–Trinajstić information content (AvgIpc) is 2.63. The zero-order chi connectivity index (χ0) is 18.5. The Morgan fingerprint density at radius 1 is 1.38 bits per heavy atom. The monoisotopic (exact) mass is 357 g/mol. The zero-order valence-electron chi connectivity index (χ0n) is 14.8. The maximum absolute atomic E-state index is 12.3. The fraction of sp³-hybridized carbons (Fsp3) is 0.444. The van der Waals surface area contributed by atoms with Crippen LogP contribution in [0.1, 0.15) is 24.1 Å². The van der Waals surface area contributed by atoms with Crippen LogP contribution in [0.25, 0.3) is 0 Å². The number of nitrogens with zero attached hydrogens (tertiary/aromatic N) is 3. The maximum Gasteiger partial charge on any atom is 0.328 e. The Labute approximate surface area is 150 Å². The van der Waals surface area contributed by atoms with Crippen LogP contribution >= 0.6 is 0 Å². The van der Waals surface area contributed by atoms with Gasteiger partial charge >= 0.3 is 5.69 Å². The molecule has 0 aliphatic carbocycles. The van der Waals surface area contributed by atoms with E-state index in [2.05, 4.69) is 20.2 Å². The fourth-order valence-corrected chi connectivity index (χ4v) is 3.23. The number of aromatic amines is 1. The number of hydrogen-bond acceptors (Lipinski definition) is 5. The molecule has 1 fully saturated rings. The van der Waals surface area contributed by atoms with Gasteiger partial charge in [0, 0.05) is 44.1 Å². The van der Waals surface area contributed by atoms with Gasteiger partial charge < -0.3 is 10.3 Å². The van der Waals surface area contributed by atoms with E-state index < -0.39 is 11.2 Å². The molecule has 0 saturated carbocycles. The van der Waals surface area contributed by atoms with Crippen molar-refractivity contribution in [1.82, 2.24) is 24.8 Å². The average molecular weight is 357 g/mol. The summed E-state index contributed by atoms with van der Waals surface area (Å²) in [7, 11) is 1.39. The largest absolute Gasteiger partial charge is 0.352 e. The molecule has 0 aromatic carbocycles. The molecule has 1 aliphatic heterocycles. The number of pyridine rings is 1. The number of nitrogens with one attached hydrogen (secondary N) is 2. The molecule has 3 rings (SSSR count). The number of H-pyrrole nitrogens is 1. The molecule has 1 unspecified atom stereocenters. The van der Waals surface area contributed by atoms with E-state index in [0.717, 1.165) is 42.7 Å². The first-order chi connectivity index (χ1) is 12.5. The van der Waals surface area contributed by atoms with Gasteiger partial charge in [0.2, 0.25) is 5.91 Å². The fourth-order valence-electron chi connectivity index (χ4n) is 3.23. The van der Waals surface area contributed by atoms with Crippen LogP contribution in [0.15, 0.2) is 40.2 Å². The van der Waals surface area contributed by atoms with Gasteiger partial charge in [-0.3, -0.25) is 24.0 Å². The number of carbonyl (C=O) groups is 1. The predicted molar refractivity (Wildman–Crippen MR) is 96.7 cm³/mol. The van der Waals surface area contributed by atoms with Gasteiger partial charge in [0.15, 0.2) is 0 Å². The Morgan fingerprint density at radius 3 is 3.00 bits per heavy atom. The normalized spacial score (nSPS) is 17.8. The van der Waals surface area contributed by atoms with E-state index in [-0.39, 0.29) is 23.9 Å². The third kappa shape index (κ3) is 4.45. The highest BCUT2D eigenvalue weighted by atomic mass is 16.2. The van der Waals surface area contributed by atoms with Crippen molar-refractivity contribution in [2.24, 2.45) is 7.05 Å². The summed E-state index contributed by atoms with van der Waals surface area (Å²) >= 11 is 0. The first-order valence-corrected chi connectivity index (χ1v) is 8.72. The second-order valence-electron chi connectivity index (χ2n) is 6.62. The SMILES string of the molecule is Cn1c(=O)[nH]cc(CC(=O)NC2CCCN(Cc3ccccn3)C2)c1=O. The van der Waals surface area contributed by atoms with E-state index in [1.54, 1.807) is 6.20 Å². The minimum atomic E-state index is -0.489. The standard InChI is InChI=1S/C18H23N5O3/c1-22-17(25)13(10-20-18(22)26)9-16(24)21-15-6-4-8-23(12-15)11-14-5-2-3-7-19-14/h2-3,5,7,10,15H,4,6,8-9,11-12H2,1H3,(H,20,26)(H,21,24). The van der Waals surface area contributed by atoms with Crippen LogP contribution in [0.3, 0.4) is 0 Å². The molecule has 138 valence electrons. The van der Waals surface area contributed by atoms with Gasteiger partial charge in [-0.1, -0.05) is 6.07 Å². The predicted octanol–water partition coefficient (Wildman–Crippen LogP) is -0.208. The van der Waals surface area contributed by atoms with Crippen LogP contribution in [-0.2, 0) is 24.8 Å². The van der Waals surface area contributed by atoms with E-state index in [4.69, 9.17) is 0 Å². The van der Waals surface area contributed by atoms with E-state index in [0.29, 0.717) is 0 Å². The summed E-state index contributed by atoms with van der Waals surface area (Å²) in [5, 5.41) is 3.00. The minimum Gasteiger partial charge on any atom is -0.352 e. The molecule has 0 bridgehead atoms. The number of hydrogen-bond donors (Lipinski definition) is 2. The van der Waals surface area contributed by atoms with Crippen molar-refractivity contribution in [3.63, 3.8) is 0 Å². The summed E-state index contributed by atoms with van der Waals surface area (Å²) < 4.78 is 0.970. The lowest BCUT2D eigenvalue weighted by molar-refractivity contribution is -0.121. The van der Waals surface area contributed by atoms with Gasteiger partial charge in [-0.15, -0.1) is 0 Å². The quantitative estimate of drug-likeness (QED) is 0.771. The number of rotatable bonds is 5. The minimum absolute atomic E-state index is 0.0415. The Hall–Kier alpha value is -2.74. The molecule has 0 radical (unpaired) electrons. The van der Waals surface area contributed by atoms with Crippen molar-refractivity contribution in [2.45, 2.75) is 31.8 Å². The van der Waals surface area contributed by atoms with Crippen LogP contribution in [-0.4, -0.2) is 44.5 Å². The first kappa shape index (κ1) is 18.1. The smallest absolute Gasteiger partial charge is 0.328 e. The van der Waals surface area contributed by atoms with Gasteiger partial charge in [-0.25, -0.2) is 4.79 Å². The molecule has 8 nitrogen and oxygen atoms in total. The summed E-state index contributed by atoms with van der Waals surface area (Å²) in [5.41, 5.74) is 0.364. The number of carbonyl (C=O) groups excluding carboxylic acids is 1. The van der Waals surface area contributed by atoms with Gasteiger partial charge in [-0.2, -0.15) is 0 Å². The van der Waals surface area contributed by atoms with Crippen LogP contribution in [0.4, 0.5) is 0 Å². The third-order valence-electron chi connectivity index (χ3n) is 4.59. The number of amides is 1. The van der Waals surface area contributed by atoms with E-state index in [1.807, 2.05) is 18.2 Å². The van der Waals surface area contributed by atoms with Gasteiger partial charge in [0.05, 0.1) is 12.1 Å². The molecule has 1 saturated heterocycles. The van der Waals surface area contributed by atoms with Crippen molar-refractivity contribution in [1.29, 1.82) is 0 Å². The Balaban J connectivity index is 1.56. The summed E-state index contributed by atoms with van der Waals surface area (Å²) in [5.74, 6) is -0.209. The first-order valence-electron chi connectivity index (χ1n) is 8.72. The van der Waals surface area contributed by atoms with Gasteiger partial charge in [-0.05, 0) is 31.5 Å². The number of piperidine rings is 1. The molecule has 2 aromatic rings. The molecular formula is C18H23N5O3. The molecule has 3 heterocycles. The lowest BCUT2D eigenvalue weighted by Crippen LogP contribution is -2.48. The molecule has 2 aromatic heterocycles. The van der Waals surface area contributed by atoms with Crippen molar-refractivity contribution in [2.75, 3.05) is 13.1 Å². The molecule has 1 aliphatic rings.